The van der Waals surface area contributed by atoms with Crippen molar-refractivity contribution in [2.45, 2.75) is 0 Å². The van der Waals surface area contributed by atoms with Crippen LogP contribution in [0.25, 0.3) is 112 Å². The summed E-state index contributed by atoms with van der Waals surface area (Å²) < 4.78 is 0. The Balaban J connectivity index is 1.21. The van der Waals surface area contributed by atoms with Gasteiger partial charge in [-0.1, -0.05) is 48.5 Å². The Morgan fingerprint density at radius 3 is 0.823 bits per heavy atom. The quantitative estimate of drug-likeness (QED) is 0.140. The van der Waals surface area contributed by atoms with E-state index < -0.39 is 0 Å². The summed E-state index contributed by atoms with van der Waals surface area (Å²) in [5, 5.41) is 4.09. The summed E-state index contributed by atoms with van der Waals surface area (Å²) in [5.41, 5.74) is 14.5. The standard InChI is InChI=1S/C54H34N8/c1-13-45(59-47(15-1)37-9-5-25-55-31-37)35-21-23-41-43(29-35)53(51-19-3-17-49(61-51)39-11-7-27-57-33-39)42-24-22-36(46-14-2-16-48(60-46)38-10-6-26-56-32-38)30-44(42)54(41)52-20-4-18-50(62-52)40-12-8-28-58-34-40/h1-34H. The van der Waals surface area contributed by atoms with Crippen LogP contribution in [0.3, 0.4) is 0 Å². The fraction of sp³-hybridized carbons (Fsp3) is 0. The van der Waals surface area contributed by atoms with Crippen LogP contribution < -0.4 is 0 Å². The van der Waals surface area contributed by atoms with Crippen LogP contribution in [0, 0.1) is 0 Å². The lowest BCUT2D eigenvalue weighted by atomic mass is 9.86. The van der Waals surface area contributed by atoms with Crippen molar-refractivity contribution in [1.82, 2.24) is 39.9 Å². The molecule has 8 aromatic heterocycles. The Morgan fingerprint density at radius 2 is 0.516 bits per heavy atom. The molecule has 0 N–H and O–H groups in total. The fourth-order valence-electron chi connectivity index (χ4n) is 8.14. The van der Waals surface area contributed by atoms with Crippen molar-refractivity contribution in [3.05, 3.63) is 207 Å². The molecule has 11 rings (SSSR count). The second-order valence-electron chi connectivity index (χ2n) is 14.9. The monoisotopic (exact) mass is 794 g/mol. The highest BCUT2D eigenvalue weighted by atomic mass is 14.8. The molecule has 0 spiro atoms. The van der Waals surface area contributed by atoms with Crippen LogP contribution in [0.4, 0.5) is 0 Å². The van der Waals surface area contributed by atoms with Crippen molar-refractivity contribution in [3.63, 3.8) is 0 Å². The van der Waals surface area contributed by atoms with Gasteiger partial charge in [0, 0.05) is 94.1 Å². The zero-order chi connectivity index (χ0) is 41.2. The third-order valence-electron chi connectivity index (χ3n) is 11.0. The van der Waals surface area contributed by atoms with Gasteiger partial charge in [-0.3, -0.25) is 19.9 Å². The van der Waals surface area contributed by atoms with Crippen molar-refractivity contribution in [2.75, 3.05) is 0 Å². The molecular weight excluding hydrogens is 761 g/mol. The van der Waals surface area contributed by atoms with E-state index in [-0.39, 0.29) is 0 Å². The molecule has 0 amide bonds. The van der Waals surface area contributed by atoms with Gasteiger partial charge in [-0.25, -0.2) is 19.9 Å². The molecule has 0 saturated heterocycles. The van der Waals surface area contributed by atoms with Gasteiger partial charge in [0.25, 0.3) is 0 Å². The van der Waals surface area contributed by atoms with Crippen molar-refractivity contribution in [3.8, 4) is 90.1 Å². The summed E-state index contributed by atoms with van der Waals surface area (Å²) in [6.45, 7) is 0. The average Bonchev–Trinajstić information content (AvgIpc) is 3.36. The number of fused-ring (bicyclic) bond motifs is 2. The van der Waals surface area contributed by atoms with Crippen molar-refractivity contribution < 1.29 is 0 Å². The maximum absolute atomic E-state index is 5.35. The summed E-state index contributed by atoms with van der Waals surface area (Å²) in [4.78, 5) is 38.5. The molecule has 0 radical (unpaired) electrons. The minimum Gasteiger partial charge on any atom is -0.264 e. The molecule has 11 aromatic rings. The predicted octanol–water partition coefficient (Wildman–Crippen LogP) is 12.5. The van der Waals surface area contributed by atoms with E-state index in [0.717, 1.165) is 112 Å². The van der Waals surface area contributed by atoms with Crippen LogP contribution in [0.5, 0.6) is 0 Å². The Bertz CT molecular complexity index is 3170. The first-order valence-electron chi connectivity index (χ1n) is 20.3. The first-order chi connectivity index (χ1) is 30.7. The number of hydrogen-bond donors (Lipinski definition) is 0. The van der Waals surface area contributed by atoms with Crippen molar-refractivity contribution in [1.29, 1.82) is 0 Å². The molecule has 0 atom stereocenters. The first kappa shape index (κ1) is 36.5. The number of benzene rings is 3. The van der Waals surface area contributed by atoms with Crippen LogP contribution in [-0.2, 0) is 0 Å². The Morgan fingerprint density at radius 1 is 0.226 bits per heavy atom. The summed E-state index contributed by atoms with van der Waals surface area (Å²) in [6, 6.07) is 53.7. The highest BCUT2D eigenvalue weighted by Crippen LogP contribution is 2.46. The highest BCUT2D eigenvalue weighted by Gasteiger charge is 2.21. The van der Waals surface area contributed by atoms with Gasteiger partial charge in [-0.05, 0) is 131 Å². The molecule has 0 fully saturated rings. The number of nitrogens with zero attached hydrogens (tertiary/aromatic N) is 8. The number of pyridine rings is 8. The van der Waals surface area contributed by atoms with Gasteiger partial charge in [0.05, 0.1) is 45.6 Å². The van der Waals surface area contributed by atoms with E-state index in [1.54, 1.807) is 24.8 Å². The molecule has 0 saturated carbocycles. The molecule has 0 aliphatic heterocycles. The molecule has 8 heterocycles. The van der Waals surface area contributed by atoms with Crippen LogP contribution >= 0.6 is 0 Å². The largest absolute Gasteiger partial charge is 0.264 e. The molecule has 0 unspecified atom stereocenters. The SMILES string of the molecule is c1cncc(-c2cccc(-c3ccc4c(-c5cccc(-c6cccnc6)n5)c5cc(-c6cccc(-c7cccnc7)n6)ccc5c(-c5cccc(-c6cccnc6)n5)c4c3)n2)c1. The number of aromatic nitrogens is 8. The van der Waals surface area contributed by atoms with Gasteiger partial charge >= 0.3 is 0 Å². The Kier molecular flexibility index (Phi) is 9.33. The maximum Gasteiger partial charge on any atom is 0.0725 e. The minimum atomic E-state index is 0.835. The molecule has 0 aliphatic carbocycles. The molecule has 3 aromatic carbocycles. The van der Waals surface area contributed by atoms with Gasteiger partial charge in [0.1, 0.15) is 0 Å². The fourth-order valence-corrected chi connectivity index (χ4v) is 8.14. The smallest absolute Gasteiger partial charge is 0.0725 e. The lowest BCUT2D eigenvalue weighted by Crippen LogP contribution is -1.97. The second-order valence-corrected chi connectivity index (χ2v) is 14.9. The van der Waals surface area contributed by atoms with Crippen molar-refractivity contribution in [2.24, 2.45) is 0 Å². The van der Waals surface area contributed by atoms with Crippen LogP contribution in [0.15, 0.2) is 207 Å². The van der Waals surface area contributed by atoms with Crippen LogP contribution in [0.2, 0.25) is 0 Å². The normalized spacial score (nSPS) is 11.2. The van der Waals surface area contributed by atoms with E-state index in [9.17, 15) is 0 Å². The topological polar surface area (TPSA) is 103 Å². The molecular formula is C54H34N8. The summed E-state index contributed by atoms with van der Waals surface area (Å²) in [7, 11) is 0. The first-order valence-corrected chi connectivity index (χ1v) is 20.3. The third kappa shape index (κ3) is 6.91. The lowest BCUT2D eigenvalue weighted by molar-refractivity contribution is 1.28. The van der Waals surface area contributed by atoms with E-state index in [1.165, 1.54) is 0 Å². The van der Waals surface area contributed by atoms with E-state index >= 15 is 0 Å². The number of rotatable bonds is 8. The predicted molar refractivity (Wildman–Crippen MR) is 247 cm³/mol. The molecule has 8 nitrogen and oxygen atoms in total. The van der Waals surface area contributed by atoms with Crippen molar-refractivity contribution >= 4 is 21.5 Å². The lowest BCUT2D eigenvalue weighted by Gasteiger charge is -2.19. The van der Waals surface area contributed by atoms with E-state index in [2.05, 4.69) is 92.7 Å². The summed E-state index contributed by atoms with van der Waals surface area (Å²) in [6.07, 6.45) is 14.5. The summed E-state index contributed by atoms with van der Waals surface area (Å²) in [5.74, 6) is 0. The van der Waals surface area contributed by atoms with Crippen LogP contribution in [-0.4, -0.2) is 39.9 Å². The average molecular weight is 795 g/mol. The Hall–Kier alpha value is -8.62. The second kappa shape index (κ2) is 15.9. The van der Waals surface area contributed by atoms with Gasteiger partial charge in [0.2, 0.25) is 0 Å². The van der Waals surface area contributed by atoms with Gasteiger partial charge in [0.15, 0.2) is 0 Å². The van der Waals surface area contributed by atoms with Crippen LogP contribution in [0.1, 0.15) is 0 Å². The summed E-state index contributed by atoms with van der Waals surface area (Å²) >= 11 is 0. The molecule has 62 heavy (non-hydrogen) atoms. The zero-order valence-corrected chi connectivity index (χ0v) is 33.2. The van der Waals surface area contributed by atoms with E-state index in [0.29, 0.717) is 0 Å². The van der Waals surface area contributed by atoms with Gasteiger partial charge < -0.3 is 0 Å². The zero-order valence-electron chi connectivity index (χ0n) is 33.2. The highest BCUT2D eigenvalue weighted by molar-refractivity contribution is 6.22. The Labute approximate surface area is 357 Å². The van der Waals surface area contributed by atoms with E-state index in [4.69, 9.17) is 19.9 Å². The molecule has 8 heteroatoms. The minimum absolute atomic E-state index is 0.835. The van der Waals surface area contributed by atoms with Gasteiger partial charge in [-0.15, -0.1) is 0 Å². The third-order valence-corrected chi connectivity index (χ3v) is 11.0. The number of hydrogen-bond acceptors (Lipinski definition) is 8. The van der Waals surface area contributed by atoms with Gasteiger partial charge in [-0.2, -0.15) is 0 Å². The maximum atomic E-state index is 5.35. The molecule has 290 valence electrons. The molecule has 0 aliphatic rings. The van der Waals surface area contributed by atoms with E-state index in [1.807, 2.05) is 110 Å². The molecule has 0 bridgehead atoms.